The first-order chi connectivity index (χ1) is 8.58. The maximum absolute atomic E-state index is 12.5. The maximum atomic E-state index is 12.5. The molecule has 2 amide bonds. The summed E-state index contributed by atoms with van der Waals surface area (Å²) in [5.41, 5.74) is 0. The first-order valence-corrected chi connectivity index (χ1v) is 7.28. The third-order valence-electron chi connectivity index (χ3n) is 4.47. The second-order valence-electron chi connectivity index (χ2n) is 6.12. The minimum absolute atomic E-state index is 0.246. The van der Waals surface area contributed by atoms with Crippen LogP contribution in [0.25, 0.3) is 0 Å². The van der Waals surface area contributed by atoms with Crippen LogP contribution in [0, 0.1) is 5.92 Å². The van der Waals surface area contributed by atoms with Gasteiger partial charge in [-0.3, -0.25) is 0 Å². The Morgan fingerprint density at radius 1 is 1.17 bits per heavy atom. The van der Waals surface area contributed by atoms with E-state index in [2.05, 4.69) is 18.9 Å². The predicted octanol–water partition coefficient (Wildman–Crippen LogP) is 1.86. The van der Waals surface area contributed by atoms with Crippen LogP contribution in [0.15, 0.2) is 0 Å². The van der Waals surface area contributed by atoms with Crippen LogP contribution in [0.5, 0.6) is 0 Å². The van der Waals surface area contributed by atoms with Crippen molar-refractivity contribution in [2.45, 2.75) is 38.6 Å². The van der Waals surface area contributed by atoms with Crippen molar-refractivity contribution >= 4 is 6.03 Å². The Kier molecular flexibility index (Phi) is 4.49. The number of hydrogen-bond donors (Lipinski definition) is 0. The summed E-state index contributed by atoms with van der Waals surface area (Å²) in [6.07, 6.45) is 4.65. The number of nitrogens with zero attached hydrogens (tertiary/aromatic N) is 3. The van der Waals surface area contributed by atoms with E-state index in [1.807, 2.05) is 16.8 Å². The minimum Gasteiger partial charge on any atom is -0.325 e. The van der Waals surface area contributed by atoms with Gasteiger partial charge in [0, 0.05) is 26.2 Å². The van der Waals surface area contributed by atoms with Crippen molar-refractivity contribution < 1.29 is 4.79 Å². The molecule has 4 nitrogen and oxygen atoms in total. The van der Waals surface area contributed by atoms with Gasteiger partial charge in [-0.25, -0.2) is 4.79 Å². The Morgan fingerprint density at radius 2 is 1.83 bits per heavy atom. The van der Waals surface area contributed by atoms with Crippen molar-refractivity contribution in [2.75, 3.05) is 40.3 Å². The number of hydrogen-bond acceptors (Lipinski definition) is 2. The average molecular weight is 253 g/mol. The van der Waals surface area contributed by atoms with Gasteiger partial charge in [0.15, 0.2) is 0 Å². The largest absolute Gasteiger partial charge is 0.325 e. The molecule has 0 aromatic rings. The van der Waals surface area contributed by atoms with Gasteiger partial charge in [0.05, 0.1) is 0 Å². The normalized spacial score (nSPS) is 27.3. The molecule has 2 rings (SSSR count). The molecule has 0 spiro atoms. The Bertz CT molecular complexity index is 287. The van der Waals surface area contributed by atoms with Crippen LogP contribution in [-0.2, 0) is 0 Å². The number of urea groups is 1. The van der Waals surface area contributed by atoms with Gasteiger partial charge in [0.25, 0.3) is 0 Å². The molecule has 0 aliphatic carbocycles. The maximum Gasteiger partial charge on any atom is 0.319 e. The zero-order valence-electron chi connectivity index (χ0n) is 12.1. The van der Waals surface area contributed by atoms with E-state index in [0.29, 0.717) is 12.0 Å². The van der Waals surface area contributed by atoms with Crippen LogP contribution in [0.2, 0.25) is 0 Å². The molecule has 0 saturated carbocycles. The van der Waals surface area contributed by atoms with Gasteiger partial charge in [-0.2, -0.15) is 0 Å². The molecule has 2 aliphatic rings. The molecule has 2 fully saturated rings. The summed E-state index contributed by atoms with van der Waals surface area (Å²) in [5, 5.41) is 0. The zero-order chi connectivity index (χ0) is 13.1. The molecule has 0 bridgehead atoms. The zero-order valence-corrected chi connectivity index (χ0v) is 12.1. The monoisotopic (exact) mass is 253 g/mol. The van der Waals surface area contributed by atoms with Crippen LogP contribution < -0.4 is 0 Å². The van der Waals surface area contributed by atoms with Crippen LogP contribution in [-0.4, -0.2) is 67.0 Å². The van der Waals surface area contributed by atoms with E-state index >= 15 is 0 Å². The SMILES string of the molecule is CC1CCCN(C(=O)N(C)C2CCN(C)CC2)C1. The van der Waals surface area contributed by atoms with Crippen molar-refractivity contribution in [3.05, 3.63) is 0 Å². The van der Waals surface area contributed by atoms with E-state index < -0.39 is 0 Å². The van der Waals surface area contributed by atoms with E-state index in [4.69, 9.17) is 0 Å². The summed E-state index contributed by atoms with van der Waals surface area (Å²) >= 11 is 0. The molecule has 0 aromatic heterocycles. The molecule has 2 heterocycles. The second-order valence-corrected chi connectivity index (χ2v) is 6.12. The van der Waals surface area contributed by atoms with Crippen molar-refractivity contribution in [3.63, 3.8) is 0 Å². The lowest BCUT2D eigenvalue weighted by atomic mass is 10.0. The van der Waals surface area contributed by atoms with Crippen molar-refractivity contribution in [1.29, 1.82) is 0 Å². The highest BCUT2D eigenvalue weighted by Gasteiger charge is 2.29. The van der Waals surface area contributed by atoms with Crippen LogP contribution in [0.4, 0.5) is 4.79 Å². The summed E-state index contributed by atoms with van der Waals surface area (Å²) in [7, 11) is 4.14. The molecular weight excluding hydrogens is 226 g/mol. The Balaban J connectivity index is 1.87. The third-order valence-corrected chi connectivity index (χ3v) is 4.47. The number of piperidine rings is 2. The summed E-state index contributed by atoms with van der Waals surface area (Å²) < 4.78 is 0. The van der Waals surface area contributed by atoms with Crippen LogP contribution >= 0.6 is 0 Å². The van der Waals surface area contributed by atoms with Gasteiger partial charge in [-0.1, -0.05) is 6.92 Å². The average Bonchev–Trinajstić information content (AvgIpc) is 2.38. The molecule has 1 unspecified atom stereocenters. The van der Waals surface area contributed by atoms with Crippen LogP contribution in [0.1, 0.15) is 32.6 Å². The van der Waals surface area contributed by atoms with E-state index in [0.717, 1.165) is 45.4 Å². The molecule has 1 atom stereocenters. The summed E-state index contributed by atoms with van der Waals surface area (Å²) in [6.45, 7) is 6.35. The molecule has 0 radical (unpaired) electrons. The van der Waals surface area contributed by atoms with Crippen molar-refractivity contribution in [1.82, 2.24) is 14.7 Å². The fourth-order valence-electron chi connectivity index (χ4n) is 3.12. The molecule has 2 aliphatic heterocycles. The first-order valence-electron chi connectivity index (χ1n) is 7.28. The Hall–Kier alpha value is -0.770. The van der Waals surface area contributed by atoms with Gasteiger partial charge >= 0.3 is 6.03 Å². The first kappa shape index (κ1) is 13.7. The molecular formula is C14H27N3O. The van der Waals surface area contributed by atoms with Crippen LogP contribution in [0.3, 0.4) is 0 Å². The van der Waals surface area contributed by atoms with Crippen molar-refractivity contribution in [3.8, 4) is 0 Å². The van der Waals surface area contributed by atoms with Gasteiger partial charge in [0.1, 0.15) is 0 Å². The summed E-state index contributed by atoms with van der Waals surface area (Å²) in [6, 6.07) is 0.682. The summed E-state index contributed by atoms with van der Waals surface area (Å²) in [5.74, 6) is 0.661. The second kappa shape index (κ2) is 5.91. The summed E-state index contributed by atoms with van der Waals surface area (Å²) in [4.78, 5) is 18.8. The van der Waals surface area contributed by atoms with Crippen molar-refractivity contribution in [2.24, 2.45) is 5.92 Å². The minimum atomic E-state index is 0.246. The van der Waals surface area contributed by atoms with Gasteiger partial charge < -0.3 is 14.7 Å². The lowest BCUT2D eigenvalue weighted by Gasteiger charge is -2.39. The topological polar surface area (TPSA) is 26.8 Å². The molecule has 0 N–H and O–H groups in total. The number of carbonyl (C=O) groups is 1. The Morgan fingerprint density at radius 3 is 2.44 bits per heavy atom. The lowest BCUT2D eigenvalue weighted by molar-refractivity contribution is 0.105. The molecule has 4 heteroatoms. The molecule has 0 aromatic carbocycles. The smallest absolute Gasteiger partial charge is 0.319 e. The van der Waals surface area contributed by atoms with E-state index in [-0.39, 0.29) is 6.03 Å². The highest BCUT2D eigenvalue weighted by Crippen LogP contribution is 2.20. The fourth-order valence-corrected chi connectivity index (χ4v) is 3.12. The predicted molar refractivity (Wildman–Crippen MR) is 73.6 cm³/mol. The number of rotatable bonds is 1. The number of likely N-dealkylation sites (tertiary alicyclic amines) is 2. The molecule has 2 saturated heterocycles. The van der Waals surface area contributed by atoms with E-state index in [1.54, 1.807) is 0 Å². The van der Waals surface area contributed by atoms with E-state index in [1.165, 1.54) is 6.42 Å². The Labute approximate surface area is 111 Å². The standard InChI is InChI=1S/C14H27N3O/c1-12-5-4-8-17(11-12)14(18)16(3)13-6-9-15(2)10-7-13/h12-13H,4-11H2,1-3H3. The number of carbonyl (C=O) groups excluding carboxylic acids is 1. The lowest BCUT2D eigenvalue weighted by Crippen LogP contribution is -2.51. The highest BCUT2D eigenvalue weighted by molar-refractivity contribution is 5.74. The quantitative estimate of drug-likeness (QED) is 0.713. The number of amides is 2. The molecule has 18 heavy (non-hydrogen) atoms. The molecule has 104 valence electrons. The third kappa shape index (κ3) is 3.16. The van der Waals surface area contributed by atoms with Gasteiger partial charge in [-0.15, -0.1) is 0 Å². The van der Waals surface area contributed by atoms with Gasteiger partial charge in [-0.05, 0) is 51.7 Å². The fraction of sp³-hybridized carbons (Fsp3) is 0.929. The van der Waals surface area contributed by atoms with Gasteiger partial charge in [0.2, 0.25) is 0 Å². The highest BCUT2D eigenvalue weighted by atomic mass is 16.2. The van der Waals surface area contributed by atoms with E-state index in [9.17, 15) is 4.79 Å².